The number of hydrogen-bond acceptors (Lipinski definition) is 1. The average Bonchev–Trinajstić information content (AvgIpc) is 2.34. The van der Waals surface area contributed by atoms with Crippen molar-refractivity contribution >= 4 is 5.78 Å². The smallest absolute Gasteiger partial charge is 0.138 e. The van der Waals surface area contributed by atoms with E-state index in [1.54, 1.807) is 0 Å². The third-order valence-electron chi connectivity index (χ3n) is 4.39. The van der Waals surface area contributed by atoms with Crippen molar-refractivity contribution in [2.45, 2.75) is 90.9 Å². The second-order valence-electron chi connectivity index (χ2n) is 6.06. The first kappa shape index (κ1) is 14.7. The fourth-order valence-electron chi connectivity index (χ4n) is 2.98. The Kier molecular flexibility index (Phi) is 6.84. The second kappa shape index (κ2) is 7.89. The molecule has 1 nitrogen and oxygen atoms in total. The van der Waals surface area contributed by atoms with E-state index in [9.17, 15) is 4.79 Å². The molecule has 0 atom stereocenters. The molecule has 0 spiro atoms. The average molecular weight is 238 g/mol. The summed E-state index contributed by atoms with van der Waals surface area (Å²) >= 11 is 0. The van der Waals surface area contributed by atoms with Crippen molar-refractivity contribution in [3.05, 3.63) is 0 Å². The van der Waals surface area contributed by atoms with E-state index >= 15 is 0 Å². The maximum Gasteiger partial charge on any atom is 0.138 e. The zero-order chi connectivity index (χ0) is 12.6. The third-order valence-corrected chi connectivity index (χ3v) is 4.39. The normalized spacial score (nSPS) is 19.2. The van der Waals surface area contributed by atoms with E-state index in [2.05, 4.69) is 13.8 Å². The van der Waals surface area contributed by atoms with Crippen LogP contribution in [0.5, 0.6) is 0 Å². The minimum absolute atomic E-state index is 0.0433. The Hall–Kier alpha value is -0.330. The number of carbonyl (C=O) groups is 1. The summed E-state index contributed by atoms with van der Waals surface area (Å²) in [5.41, 5.74) is 0.0433. The molecule has 1 aliphatic rings. The van der Waals surface area contributed by atoms with Crippen LogP contribution >= 0.6 is 0 Å². The minimum Gasteiger partial charge on any atom is -0.299 e. The van der Waals surface area contributed by atoms with E-state index < -0.39 is 0 Å². The molecule has 1 aliphatic carbocycles. The van der Waals surface area contributed by atoms with Gasteiger partial charge in [-0.25, -0.2) is 0 Å². The highest BCUT2D eigenvalue weighted by Gasteiger charge is 2.33. The van der Waals surface area contributed by atoms with Crippen LogP contribution in [0.1, 0.15) is 90.9 Å². The fraction of sp³-hybridized carbons (Fsp3) is 0.938. The summed E-state index contributed by atoms with van der Waals surface area (Å²) in [6.45, 7) is 4.44. The lowest BCUT2D eigenvalue weighted by atomic mass is 9.71. The minimum atomic E-state index is 0.0433. The highest BCUT2D eigenvalue weighted by molar-refractivity contribution is 5.84. The summed E-state index contributed by atoms with van der Waals surface area (Å²) in [4.78, 5) is 12.2. The van der Waals surface area contributed by atoms with Gasteiger partial charge in [0.2, 0.25) is 0 Å². The van der Waals surface area contributed by atoms with Crippen molar-refractivity contribution in [1.82, 2.24) is 0 Å². The van der Waals surface area contributed by atoms with Gasteiger partial charge in [0, 0.05) is 11.8 Å². The number of hydrogen-bond donors (Lipinski definition) is 0. The molecule has 0 saturated heterocycles. The molecule has 17 heavy (non-hydrogen) atoms. The molecule has 0 aliphatic heterocycles. The largest absolute Gasteiger partial charge is 0.299 e. The SMILES string of the molecule is CCCCCCCCC(=O)C1(C)CCCCC1. The van der Waals surface area contributed by atoms with E-state index in [1.807, 2.05) is 0 Å². The van der Waals surface area contributed by atoms with Crippen LogP contribution in [0.2, 0.25) is 0 Å². The van der Waals surface area contributed by atoms with Gasteiger partial charge < -0.3 is 0 Å². The Morgan fingerprint density at radius 3 is 2.18 bits per heavy atom. The van der Waals surface area contributed by atoms with Gasteiger partial charge in [0.05, 0.1) is 0 Å². The van der Waals surface area contributed by atoms with Gasteiger partial charge in [-0.2, -0.15) is 0 Å². The van der Waals surface area contributed by atoms with Crippen LogP contribution in [-0.2, 0) is 4.79 Å². The van der Waals surface area contributed by atoms with Crippen molar-refractivity contribution in [2.75, 3.05) is 0 Å². The zero-order valence-corrected chi connectivity index (χ0v) is 11.9. The van der Waals surface area contributed by atoms with Gasteiger partial charge in [-0.3, -0.25) is 4.79 Å². The van der Waals surface area contributed by atoms with E-state index in [4.69, 9.17) is 0 Å². The summed E-state index contributed by atoms with van der Waals surface area (Å²) in [5.74, 6) is 0.549. The number of ketones is 1. The quantitative estimate of drug-likeness (QED) is 0.526. The van der Waals surface area contributed by atoms with Crippen LogP contribution in [0.4, 0.5) is 0 Å². The van der Waals surface area contributed by atoms with Crippen molar-refractivity contribution < 1.29 is 4.79 Å². The zero-order valence-electron chi connectivity index (χ0n) is 11.9. The maximum atomic E-state index is 12.2. The monoisotopic (exact) mass is 238 g/mol. The molecule has 0 amide bonds. The number of Topliss-reactive ketones (excluding diaryl/α,β-unsaturated/α-hetero) is 1. The summed E-state index contributed by atoms with van der Waals surface area (Å²) in [5, 5.41) is 0. The lowest BCUT2D eigenvalue weighted by Crippen LogP contribution is -2.30. The van der Waals surface area contributed by atoms with Crippen LogP contribution in [0.15, 0.2) is 0 Å². The molecular weight excluding hydrogens is 208 g/mol. The highest BCUT2D eigenvalue weighted by atomic mass is 16.1. The molecule has 0 aromatic heterocycles. The lowest BCUT2D eigenvalue weighted by Gasteiger charge is -2.32. The summed E-state index contributed by atoms with van der Waals surface area (Å²) in [7, 11) is 0. The van der Waals surface area contributed by atoms with Gasteiger partial charge in [-0.1, -0.05) is 65.2 Å². The Labute approximate surface area is 107 Å². The lowest BCUT2D eigenvalue weighted by molar-refractivity contribution is -0.129. The first-order valence-corrected chi connectivity index (χ1v) is 7.72. The molecule has 1 rings (SSSR count). The van der Waals surface area contributed by atoms with Crippen molar-refractivity contribution in [1.29, 1.82) is 0 Å². The number of rotatable bonds is 8. The van der Waals surface area contributed by atoms with E-state index in [0.717, 1.165) is 25.7 Å². The Bertz CT molecular complexity index is 214. The van der Waals surface area contributed by atoms with Crippen molar-refractivity contribution in [3.8, 4) is 0 Å². The van der Waals surface area contributed by atoms with Gasteiger partial charge in [0.1, 0.15) is 5.78 Å². The molecule has 0 radical (unpaired) electrons. The summed E-state index contributed by atoms with van der Waals surface area (Å²) < 4.78 is 0. The van der Waals surface area contributed by atoms with Gasteiger partial charge >= 0.3 is 0 Å². The first-order valence-electron chi connectivity index (χ1n) is 7.72. The Morgan fingerprint density at radius 2 is 1.53 bits per heavy atom. The van der Waals surface area contributed by atoms with Crippen LogP contribution in [0.3, 0.4) is 0 Å². The van der Waals surface area contributed by atoms with Gasteiger partial charge in [0.15, 0.2) is 0 Å². The summed E-state index contributed by atoms with van der Waals surface area (Å²) in [6, 6.07) is 0. The summed E-state index contributed by atoms with van der Waals surface area (Å²) in [6.07, 6.45) is 14.7. The topological polar surface area (TPSA) is 17.1 Å². The van der Waals surface area contributed by atoms with Crippen molar-refractivity contribution in [3.63, 3.8) is 0 Å². The fourth-order valence-corrected chi connectivity index (χ4v) is 2.98. The van der Waals surface area contributed by atoms with Crippen LogP contribution in [-0.4, -0.2) is 5.78 Å². The predicted molar refractivity (Wildman–Crippen MR) is 74.2 cm³/mol. The van der Waals surface area contributed by atoms with E-state index in [-0.39, 0.29) is 5.41 Å². The van der Waals surface area contributed by atoms with E-state index in [1.165, 1.54) is 51.4 Å². The van der Waals surface area contributed by atoms with E-state index in [0.29, 0.717) is 5.78 Å². The highest BCUT2D eigenvalue weighted by Crippen LogP contribution is 2.37. The van der Waals surface area contributed by atoms with Crippen LogP contribution in [0.25, 0.3) is 0 Å². The molecular formula is C16H30O. The first-order chi connectivity index (χ1) is 8.19. The van der Waals surface area contributed by atoms with Crippen molar-refractivity contribution in [2.24, 2.45) is 5.41 Å². The molecule has 1 fully saturated rings. The molecule has 0 heterocycles. The Balaban J connectivity index is 2.11. The molecule has 100 valence electrons. The molecule has 1 heteroatoms. The standard InChI is InChI=1S/C16H30O/c1-3-4-5-6-7-9-12-15(17)16(2)13-10-8-11-14-16/h3-14H2,1-2H3. The Morgan fingerprint density at radius 1 is 0.941 bits per heavy atom. The number of carbonyl (C=O) groups excluding carboxylic acids is 1. The molecule has 1 saturated carbocycles. The number of unbranched alkanes of at least 4 members (excludes halogenated alkanes) is 5. The van der Waals surface area contributed by atoms with Gasteiger partial charge in [-0.05, 0) is 19.3 Å². The molecule has 0 bridgehead atoms. The van der Waals surface area contributed by atoms with Crippen LogP contribution in [0, 0.1) is 5.41 Å². The molecule has 0 N–H and O–H groups in total. The van der Waals surface area contributed by atoms with Crippen LogP contribution < -0.4 is 0 Å². The molecule has 0 aromatic rings. The maximum absolute atomic E-state index is 12.2. The van der Waals surface area contributed by atoms with Gasteiger partial charge in [-0.15, -0.1) is 0 Å². The second-order valence-corrected chi connectivity index (χ2v) is 6.06. The molecule has 0 unspecified atom stereocenters. The van der Waals surface area contributed by atoms with Gasteiger partial charge in [0.25, 0.3) is 0 Å². The molecule has 0 aromatic carbocycles. The predicted octanol–water partition coefficient (Wildman–Crippen LogP) is 5.28. The third kappa shape index (κ3) is 5.23.